The van der Waals surface area contributed by atoms with Gasteiger partial charge in [0.25, 0.3) is 5.91 Å². The van der Waals surface area contributed by atoms with Gasteiger partial charge in [0.05, 0.1) is 17.9 Å². The number of methoxy groups -OCH3 is 1. The lowest BCUT2D eigenvalue weighted by atomic mass is 10.2. The molecule has 0 radical (unpaired) electrons. The van der Waals surface area contributed by atoms with Crippen LogP contribution in [0.1, 0.15) is 21.8 Å². The Morgan fingerprint density at radius 3 is 2.67 bits per heavy atom. The second-order valence-corrected chi connectivity index (χ2v) is 8.10. The van der Waals surface area contributed by atoms with Crippen LogP contribution in [-0.2, 0) is 22.7 Å². The maximum atomic E-state index is 12.1. The maximum Gasteiger partial charge on any atom is 0.522 e. The van der Waals surface area contributed by atoms with Crippen LogP contribution in [0.4, 0.5) is 13.2 Å². The molecular weight excluding hydrogens is 523 g/mol. The molecule has 0 saturated carbocycles. The van der Waals surface area contributed by atoms with Crippen molar-refractivity contribution in [2.75, 3.05) is 20.3 Å². The highest BCUT2D eigenvalue weighted by atomic mass is 19.4. The summed E-state index contributed by atoms with van der Waals surface area (Å²) in [5.74, 6) is 0.564. The molecule has 1 N–H and O–H groups in total. The van der Waals surface area contributed by atoms with Gasteiger partial charge >= 0.3 is 6.36 Å². The number of aromatic nitrogens is 6. The third-order valence-electron chi connectivity index (χ3n) is 5.40. The van der Waals surface area contributed by atoms with Gasteiger partial charge in [0.1, 0.15) is 13.2 Å². The standard InChI is InChI=1S/C24H20F3N7O5/c1-36-13-16-10-19(33-39-16)21-31-30-20-17-4-2-3-5-18(17)23(32-34(20)21)37-12-15-7-6-14(11-29-15)22(35)28-8-9-38-24(25,26)27/h2-7,10-11H,8-9,12-13H2,1H3,(H,28,35). The lowest BCUT2D eigenvalue weighted by Crippen LogP contribution is -2.29. The number of amides is 1. The van der Waals surface area contributed by atoms with Crippen LogP contribution in [0.15, 0.2) is 53.2 Å². The molecule has 0 fully saturated rings. The van der Waals surface area contributed by atoms with E-state index in [9.17, 15) is 18.0 Å². The van der Waals surface area contributed by atoms with E-state index in [0.717, 1.165) is 5.39 Å². The molecule has 39 heavy (non-hydrogen) atoms. The number of rotatable bonds is 10. The summed E-state index contributed by atoms with van der Waals surface area (Å²) >= 11 is 0. The summed E-state index contributed by atoms with van der Waals surface area (Å²) in [5, 5.41) is 20.9. The molecule has 202 valence electrons. The predicted molar refractivity (Wildman–Crippen MR) is 127 cm³/mol. The largest absolute Gasteiger partial charge is 0.522 e. The van der Waals surface area contributed by atoms with Crippen LogP contribution in [0.25, 0.3) is 27.9 Å². The number of nitrogens with one attached hydrogen (secondary N) is 1. The van der Waals surface area contributed by atoms with Crippen molar-refractivity contribution in [3.05, 3.63) is 65.7 Å². The Balaban J connectivity index is 1.32. The molecule has 0 aliphatic carbocycles. The molecule has 0 saturated heterocycles. The average Bonchev–Trinajstić information content (AvgIpc) is 3.56. The molecule has 12 nitrogen and oxygen atoms in total. The number of halogens is 3. The van der Waals surface area contributed by atoms with Gasteiger partial charge in [-0.1, -0.05) is 23.4 Å². The second-order valence-electron chi connectivity index (χ2n) is 8.10. The van der Waals surface area contributed by atoms with Gasteiger partial charge < -0.3 is 19.3 Å². The van der Waals surface area contributed by atoms with Crippen LogP contribution in [-0.4, -0.2) is 62.5 Å². The zero-order chi connectivity index (χ0) is 27.4. The SMILES string of the molecule is COCc1cc(-c2nnc3c4ccccc4c(OCc4ccc(C(=O)NCCOC(F)(F)F)cn4)nn23)no1. The van der Waals surface area contributed by atoms with Crippen molar-refractivity contribution in [2.45, 2.75) is 19.6 Å². The number of benzene rings is 1. The van der Waals surface area contributed by atoms with Crippen molar-refractivity contribution >= 4 is 22.3 Å². The van der Waals surface area contributed by atoms with E-state index in [1.54, 1.807) is 19.2 Å². The number of hydrogen-bond acceptors (Lipinski definition) is 10. The average molecular weight is 543 g/mol. The molecule has 0 atom stereocenters. The number of fused-ring (bicyclic) bond motifs is 3. The van der Waals surface area contributed by atoms with Gasteiger partial charge in [-0.25, -0.2) is 0 Å². The fourth-order valence-electron chi connectivity index (χ4n) is 3.67. The summed E-state index contributed by atoms with van der Waals surface area (Å²) in [4.78, 5) is 16.3. The fourth-order valence-corrected chi connectivity index (χ4v) is 3.67. The molecule has 0 bridgehead atoms. The minimum Gasteiger partial charge on any atom is -0.470 e. The normalized spacial score (nSPS) is 11.8. The zero-order valence-corrected chi connectivity index (χ0v) is 20.3. The maximum absolute atomic E-state index is 12.1. The Kier molecular flexibility index (Phi) is 7.33. The number of alkyl halides is 3. The number of carbonyl (C=O) groups is 1. The van der Waals surface area contributed by atoms with Crippen molar-refractivity contribution in [3.63, 3.8) is 0 Å². The number of pyridine rings is 1. The summed E-state index contributed by atoms with van der Waals surface area (Å²) in [5.41, 5.74) is 1.58. The van der Waals surface area contributed by atoms with Gasteiger partial charge in [-0.15, -0.1) is 28.5 Å². The van der Waals surface area contributed by atoms with E-state index in [1.165, 1.54) is 16.8 Å². The van der Waals surface area contributed by atoms with E-state index < -0.39 is 18.9 Å². The third kappa shape index (κ3) is 5.94. The highest BCUT2D eigenvalue weighted by Crippen LogP contribution is 2.29. The van der Waals surface area contributed by atoms with E-state index in [1.807, 2.05) is 24.3 Å². The summed E-state index contributed by atoms with van der Waals surface area (Å²) in [6.45, 7) is -0.742. The Labute approximate surface area is 217 Å². The van der Waals surface area contributed by atoms with E-state index in [2.05, 4.69) is 35.5 Å². The van der Waals surface area contributed by atoms with Crippen LogP contribution in [0.3, 0.4) is 0 Å². The molecule has 0 spiro atoms. The summed E-state index contributed by atoms with van der Waals surface area (Å²) < 4.78 is 57.6. The Morgan fingerprint density at radius 2 is 1.92 bits per heavy atom. The molecule has 0 aliphatic rings. The molecule has 1 aromatic carbocycles. The molecule has 5 aromatic rings. The number of hydrogen-bond donors (Lipinski definition) is 1. The fraction of sp³-hybridized carbons (Fsp3) is 0.250. The van der Waals surface area contributed by atoms with Crippen molar-refractivity contribution < 1.29 is 36.7 Å². The van der Waals surface area contributed by atoms with E-state index in [-0.39, 0.29) is 31.2 Å². The predicted octanol–water partition coefficient (Wildman–Crippen LogP) is 3.32. The molecule has 15 heteroatoms. The highest BCUT2D eigenvalue weighted by molar-refractivity contribution is 5.97. The van der Waals surface area contributed by atoms with E-state index in [4.69, 9.17) is 14.0 Å². The zero-order valence-electron chi connectivity index (χ0n) is 20.3. The van der Waals surface area contributed by atoms with E-state index in [0.29, 0.717) is 34.0 Å². The molecule has 0 aliphatic heterocycles. The minimum absolute atomic E-state index is 0.0171. The molecule has 4 heterocycles. The smallest absolute Gasteiger partial charge is 0.470 e. The molecule has 4 aromatic heterocycles. The van der Waals surface area contributed by atoms with Crippen LogP contribution < -0.4 is 10.1 Å². The topological polar surface area (TPSA) is 139 Å². The monoisotopic (exact) mass is 543 g/mol. The summed E-state index contributed by atoms with van der Waals surface area (Å²) in [6.07, 6.45) is -3.45. The summed E-state index contributed by atoms with van der Waals surface area (Å²) in [7, 11) is 1.54. The van der Waals surface area contributed by atoms with Gasteiger partial charge in [-0.05, 0) is 18.2 Å². The van der Waals surface area contributed by atoms with Crippen LogP contribution in [0, 0.1) is 0 Å². The Bertz CT molecular complexity index is 1600. The quantitative estimate of drug-likeness (QED) is 0.261. The van der Waals surface area contributed by atoms with Gasteiger partial charge in [-0.3, -0.25) is 14.5 Å². The summed E-state index contributed by atoms with van der Waals surface area (Å²) in [6, 6.07) is 12.1. The minimum atomic E-state index is -4.75. The van der Waals surface area contributed by atoms with Crippen LogP contribution in [0.5, 0.6) is 5.88 Å². The van der Waals surface area contributed by atoms with Crippen LogP contribution in [0.2, 0.25) is 0 Å². The second kappa shape index (κ2) is 11.0. The molecule has 5 rings (SSSR count). The van der Waals surface area contributed by atoms with Gasteiger partial charge in [0.15, 0.2) is 17.1 Å². The highest BCUT2D eigenvalue weighted by Gasteiger charge is 2.28. The van der Waals surface area contributed by atoms with Crippen molar-refractivity contribution in [3.8, 4) is 17.4 Å². The first-order valence-electron chi connectivity index (χ1n) is 11.5. The van der Waals surface area contributed by atoms with Crippen LogP contribution >= 0.6 is 0 Å². The lowest BCUT2D eigenvalue weighted by Gasteiger charge is -2.10. The van der Waals surface area contributed by atoms with Crippen molar-refractivity contribution in [1.82, 2.24) is 35.3 Å². The number of carbonyl (C=O) groups excluding carboxylic acids is 1. The van der Waals surface area contributed by atoms with Gasteiger partial charge in [0.2, 0.25) is 11.7 Å². The Hall–Kier alpha value is -4.63. The lowest BCUT2D eigenvalue weighted by molar-refractivity contribution is -0.323. The van der Waals surface area contributed by atoms with Gasteiger partial charge in [0, 0.05) is 36.7 Å². The first-order valence-corrected chi connectivity index (χ1v) is 11.5. The Morgan fingerprint density at radius 1 is 1.10 bits per heavy atom. The molecule has 1 amide bonds. The number of nitrogens with zero attached hydrogens (tertiary/aromatic N) is 6. The third-order valence-corrected chi connectivity index (χ3v) is 5.40. The van der Waals surface area contributed by atoms with E-state index >= 15 is 0 Å². The van der Waals surface area contributed by atoms with Gasteiger partial charge in [-0.2, -0.15) is 4.52 Å². The number of ether oxygens (including phenoxy) is 3. The first-order chi connectivity index (χ1) is 18.8. The van der Waals surface area contributed by atoms with Crippen molar-refractivity contribution in [2.24, 2.45) is 0 Å². The molecule has 0 unspecified atom stereocenters. The molecular formula is C24H20F3N7O5. The first kappa shape index (κ1) is 26.0. The van der Waals surface area contributed by atoms with Crippen molar-refractivity contribution in [1.29, 1.82) is 0 Å².